The van der Waals surface area contributed by atoms with Crippen LogP contribution in [0.1, 0.15) is 33.4 Å². The van der Waals surface area contributed by atoms with Crippen molar-refractivity contribution in [2.75, 3.05) is 12.5 Å². The number of hydrogen-bond acceptors (Lipinski definition) is 1. The Labute approximate surface area is 370 Å². The first-order valence-corrected chi connectivity index (χ1v) is 25.1. The first-order valence-electron chi connectivity index (χ1n) is 24.5. The smallest absolute Gasteiger partial charge is 0.351 e. The number of ether oxygens (including phenoxy) is 1. The molecular weight excluding hydrogens is 865 g/mol. The van der Waals surface area contributed by atoms with Crippen LogP contribution in [0.3, 0.4) is 0 Å². The van der Waals surface area contributed by atoms with Gasteiger partial charge in [0, 0.05) is 22.6 Å². The third-order valence-electron chi connectivity index (χ3n) is 24.0. The maximum atomic E-state index is 15.6. The van der Waals surface area contributed by atoms with E-state index in [1.807, 2.05) is 0 Å². The SMILES string of the molecule is FC(F)(F)COC12c3c4c5c6c7c8c9c%10c(c1c1c%11c2c2c%12c3c5c3c5c6c6c7c7c9c9c%13c%10c1c1c%10c%11c%11c2c2c%12c3c3c5c5c6c6c7c9c7c(c%131)c1c%10c%11c9c2c3c2c9c1c7c6c52)C48CCl. The number of alkyl halides is 4. The predicted molar refractivity (Wildman–Crippen MR) is 275 cm³/mol. The zero-order valence-electron chi connectivity index (χ0n) is 33.8. The van der Waals surface area contributed by atoms with Crippen LogP contribution in [-0.2, 0) is 15.8 Å². The van der Waals surface area contributed by atoms with Crippen molar-refractivity contribution in [3.05, 3.63) is 33.4 Å². The molecule has 2 unspecified atom stereocenters. The summed E-state index contributed by atoms with van der Waals surface area (Å²) in [6.07, 6.45) is -4.54. The monoisotopic (exact) mass is 868 g/mol. The Morgan fingerprint density at radius 2 is 0.426 bits per heavy atom. The molecule has 5 aliphatic rings. The van der Waals surface area contributed by atoms with Gasteiger partial charge in [0.2, 0.25) is 0 Å². The van der Waals surface area contributed by atoms with Crippen molar-refractivity contribution in [3.8, 4) is 0 Å². The largest absolute Gasteiger partial charge is 0.411 e. The molecule has 27 aromatic rings. The van der Waals surface area contributed by atoms with Crippen LogP contribution in [0.2, 0.25) is 0 Å². The highest BCUT2D eigenvalue weighted by Crippen LogP contribution is 2.84. The molecule has 5 heteroatoms. The topological polar surface area (TPSA) is 9.23 Å². The number of rotatable bonds is 3. The Kier molecular flexibility index (Phi) is 2.23. The standard InChI is InChI=1S/C63H4ClF3O/c64-1-61-55-47-38-31-18-11-5-6-8-4-3-7(5)16(18)22-20-9(3)13-10(4)21-23-17(8)19-12(6)15-14(11)25-33-26(15)35-32(19)39-37(23)41-28(21)30-24(13)29-27(20)40(36(22)38)51(55)53-42(29)43(30)54-52(41)56-48(39)45(35)50-46(33)49(44(47)34(25)31)57(61)59(50)63(56,60(54)58(53)61)68-2-62(65,66)67/h1-2H2. The van der Waals surface area contributed by atoms with Gasteiger partial charge in [-0.15, -0.1) is 11.6 Å². The van der Waals surface area contributed by atoms with Crippen LogP contribution in [0, 0.1) is 0 Å². The summed E-state index contributed by atoms with van der Waals surface area (Å²) in [6, 6.07) is 0. The molecule has 0 fully saturated rings. The molecule has 27 aromatic carbocycles. The highest BCUT2D eigenvalue weighted by Gasteiger charge is 2.67. The molecule has 0 saturated carbocycles. The first-order chi connectivity index (χ1) is 33.5. The molecule has 5 aliphatic carbocycles. The van der Waals surface area contributed by atoms with Crippen LogP contribution in [0.25, 0.3) is 280 Å². The van der Waals surface area contributed by atoms with Crippen LogP contribution in [0.5, 0.6) is 0 Å². The first kappa shape index (κ1) is 26.2. The summed E-state index contributed by atoms with van der Waals surface area (Å²) in [7, 11) is 0. The summed E-state index contributed by atoms with van der Waals surface area (Å²) < 4.78 is 54.2. The molecule has 0 saturated heterocycles. The Morgan fingerprint density at radius 1 is 0.250 bits per heavy atom. The van der Waals surface area contributed by atoms with E-state index in [1.54, 1.807) is 5.39 Å². The fourth-order valence-corrected chi connectivity index (χ4v) is 24.3. The average molecular weight is 869 g/mol. The predicted octanol–water partition coefficient (Wildman–Crippen LogP) is 17.8. The molecule has 0 aliphatic heterocycles. The summed E-state index contributed by atoms with van der Waals surface area (Å²) in [5.74, 6) is 0.333. The van der Waals surface area contributed by atoms with Crippen molar-refractivity contribution >= 4 is 292 Å². The molecule has 68 heavy (non-hydrogen) atoms. The van der Waals surface area contributed by atoms with Crippen molar-refractivity contribution in [3.63, 3.8) is 0 Å². The Hall–Kier alpha value is -7.50. The van der Waals surface area contributed by atoms with E-state index in [1.165, 1.54) is 291 Å². The van der Waals surface area contributed by atoms with Crippen molar-refractivity contribution < 1.29 is 17.9 Å². The van der Waals surface area contributed by atoms with Crippen molar-refractivity contribution in [1.29, 1.82) is 0 Å². The lowest BCUT2D eigenvalue weighted by Crippen LogP contribution is -2.46. The van der Waals surface area contributed by atoms with Gasteiger partial charge in [-0.25, -0.2) is 0 Å². The molecule has 0 N–H and O–H groups in total. The fourth-order valence-electron chi connectivity index (χ4n) is 23.9. The zero-order chi connectivity index (χ0) is 41.1. The van der Waals surface area contributed by atoms with Gasteiger partial charge >= 0.3 is 6.18 Å². The van der Waals surface area contributed by atoms with E-state index in [0.717, 1.165) is 16.7 Å². The van der Waals surface area contributed by atoms with Crippen molar-refractivity contribution in [2.45, 2.75) is 17.2 Å². The molecule has 0 bridgehead atoms. The zero-order valence-corrected chi connectivity index (χ0v) is 34.6. The molecule has 1 nitrogen and oxygen atoms in total. The highest BCUT2D eigenvalue weighted by molar-refractivity contribution is 6.81. The summed E-state index contributed by atoms with van der Waals surface area (Å²) in [5.41, 5.74) is 4.66. The Balaban J connectivity index is 1.23. The van der Waals surface area contributed by atoms with Gasteiger partial charge < -0.3 is 4.74 Å². The van der Waals surface area contributed by atoms with E-state index in [-0.39, 0.29) is 0 Å². The van der Waals surface area contributed by atoms with Gasteiger partial charge in [0.15, 0.2) is 0 Å². The Morgan fingerprint density at radius 3 is 0.706 bits per heavy atom. The lowest BCUT2D eigenvalue weighted by molar-refractivity contribution is -0.193. The molecule has 0 amide bonds. The van der Waals surface area contributed by atoms with Crippen LogP contribution < -0.4 is 0 Å². The summed E-state index contributed by atoms with van der Waals surface area (Å²) >= 11 is 8.11. The van der Waals surface area contributed by atoms with Crippen LogP contribution in [-0.4, -0.2) is 18.7 Å². The van der Waals surface area contributed by atoms with Gasteiger partial charge in [0.05, 0.1) is 5.41 Å². The fraction of sp³-hybridized carbons (Fsp3) is 0.0794. The van der Waals surface area contributed by atoms with E-state index in [2.05, 4.69) is 0 Å². The summed E-state index contributed by atoms with van der Waals surface area (Å²) in [6.45, 7) is -1.31. The third-order valence-corrected chi connectivity index (χ3v) is 24.4. The minimum Gasteiger partial charge on any atom is -0.351 e. The quantitative estimate of drug-likeness (QED) is 0.127. The van der Waals surface area contributed by atoms with Gasteiger partial charge in [-0.05, 0) is 297 Å². The van der Waals surface area contributed by atoms with E-state index in [0.29, 0.717) is 5.88 Å². The summed E-state index contributed by atoms with van der Waals surface area (Å²) in [5, 5.41) is 73.6. The van der Waals surface area contributed by atoms with E-state index < -0.39 is 23.8 Å². The van der Waals surface area contributed by atoms with Gasteiger partial charge in [0.25, 0.3) is 0 Å². The van der Waals surface area contributed by atoms with Crippen molar-refractivity contribution in [2.24, 2.45) is 0 Å². The lowest BCUT2D eigenvalue weighted by atomic mass is 9.58. The summed E-state index contributed by atoms with van der Waals surface area (Å²) in [4.78, 5) is 0. The van der Waals surface area contributed by atoms with Gasteiger partial charge in [0.1, 0.15) is 12.2 Å². The normalized spacial score (nSPS) is 22.4. The number of hydrogen-bond donors (Lipinski definition) is 0. The molecule has 0 radical (unpaired) electrons. The Bertz CT molecular complexity index is 7160. The molecule has 0 heterocycles. The van der Waals surface area contributed by atoms with E-state index >= 15 is 13.2 Å². The molecule has 2 atom stereocenters. The second-order valence-corrected chi connectivity index (χ2v) is 24.6. The number of benzene rings is 17. The van der Waals surface area contributed by atoms with Crippen molar-refractivity contribution in [1.82, 2.24) is 0 Å². The third kappa shape index (κ3) is 1.38. The van der Waals surface area contributed by atoms with Gasteiger partial charge in [-0.2, -0.15) is 13.2 Å². The minimum absolute atomic E-state index is 0.333. The van der Waals surface area contributed by atoms with E-state index in [9.17, 15) is 0 Å². The van der Waals surface area contributed by atoms with Crippen LogP contribution in [0.15, 0.2) is 0 Å². The van der Waals surface area contributed by atoms with Gasteiger partial charge in [-0.1, -0.05) is 0 Å². The van der Waals surface area contributed by atoms with E-state index in [4.69, 9.17) is 16.3 Å². The van der Waals surface area contributed by atoms with Crippen LogP contribution in [0.4, 0.5) is 13.2 Å². The lowest BCUT2D eigenvalue weighted by Gasteiger charge is -2.48. The highest BCUT2D eigenvalue weighted by atomic mass is 35.5. The second-order valence-electron chi connectivity index (χ2n) is 24.4. The molecular formula is C63H4ClF3O. The van der Waals surface area contributed by atoms with Gasteiger partial charge in [-0.3, -0.25) is 0 Å². The maximum absolute atomic E-state index is 15.6. The average Bonchev–Trinajstić information content (AvgIpc) is 4.17. The minimum atomic E-state index is -4.54. The maximum Gasteiger partial charge on any atom is 0.411 e. The number of halogens is 4. The van der Waals surface area contributed by atoms with Crippen LogP contribution >= 0.6 is 11.6 Å². The molecule has 0 spiro atoms. The second kappa shape index (κ2) is 5.79. The molecule has 0 aromatic heterocycles. The molecule has 290 valence electrons. The molecule has 32 rings (SSSR count).